The molecular weight excluding hydrogens is 288 g/mol. The van der Waals surface area contributed by atoms with Crippen LogP contribution < -0.4 is 5.73 Å². The van der Waals surface area contributed by atoms with Crippen molar-refractivity contribution in [3.8, 4) is 5.69 Å². The van der Waals surface area contributed by atoms with E-state index in [0.29, 0.717) is 5.82 Å². The number of pyridine rings is 1. The summed E-state index contributed by atoms with van der Waals surface area (Å²) in [5.74, 6) is 0.540. The molecule has 0 atom stereocenters. The van der Waals surface area contributed by atoms with Gasteiger partial charge in [0.05, 0.1) is 30.6 Å². The van der Waals surface area contributed by atoms with Gasteiger partial charge in [0.15, 0.2) is 0 Å². The lowest BCUT2D eigenvalue weighted by molar-refractivity contribution is 0.0344. The number of hydrogen-bond donors (Lipinski definition) is 1. The Labute approximate surface area is 135 Å². The van der Waals surface area contributed by atoms with Crippen LogP contribution in [0.5, 0.6) is 0 Å². The smallest absolute Gasteiger partial charge is 0.123 e. The Balaban J connectivity index is 1.69. The molecule has 0 spiro atoms. The molecule has 4 rings (SSSR count). The third-order valence-electron chi connectivity index (χ3n) is 4.37. The first-order valence-corrected chi connectivity index (χ1v) is 7.92. The number of fused-ring (bicyclic) bond motifs is 1. The van der Waals surface area contributed by atoms with Crippen molar-refractivity contribution in [2.75, 3.05) is 32.0 Å². The van der Waals surface area contributed by atoms with Crippen molar-refractivity contribution in [1.29, 1.82) is 0 Å². The largest absolute Gasteiger partial charge is 0.384 e. The van der Waals surface area contributed by atoms with Gasteiger partial charge in [-0.25, -0.2) is 4.98 Å². The molecule has 0 saturated carbocycles. The van der Waals surface area contributed by atoms with Crippen molar-refractivity contribution in [2.45, 2.75) is 6.54 Å². The summed E-state index contributed by atoms with van der Waals surface area (Å²) in [4.78, 5) is 6.64. The van der Waals surface area contributed by atoms with Crippen LogP contribution in [0.1, 0.15) is 5.56 Å². The average molecular weight is 308 g/mol. The summed E-state index contributed by atoms with van der Waals surface area (Å²) < 4.78 is 7.59. The Hall–Kier alpha value is -2.37. The number of morpholine rings is 1. The molecule has 5 heteroatoms. The average Bonchev–Trinajstić information content (AvgIpc) is 3.02. The summed E-state index contributed by atoms with van der Waals surface area (Å²) in [5, 5.41) is 1.29. The molecule has 0 amide bonds. The minimum Gasteiger partial charge on any atom is -0.384 e. The van der Waals surface area contributed by atoms with Crippen LogP contribution in [-0.4, -0.2) is 40.8 Å². The van der Waals surface area contributed by atoms with E-state index in [-0.39, 0.29) is 0 Å². The Morgan fingerprint density at radius 3 is 2.74 bits per heavy atom. The molecule has 3 heterocycles. The minimum atomic E-state index is 0.540. The Morgan fingerprint density at radius 1 is 1.09 bits per heavy atom. The van der Waals surface area contributed by atoms with Crippen molar-refractivity contribution in [3.63, 3.8) is 0 Å². The Bertz CT molecular complexity index is 804. The normalized spacial score (nSPS) is 16.0. The quantitative estimate of drug-likeness (QED) is 0.807. The maximum absolute atomic E-state index is 5.68. The van der Waals surface area contributed by atoms with Crippen LogP contribution in [-0.2, 0) is 11.3 Å². The highest BCUT2D eigenvalue weighted by molar-refractivity contribution is 5.85. The highest BCUT2D eigenvalue weighted by Gasteiger charge is 2.13. The third-order valence-corrected chi connectivity index (χ3v) is 4.37. The number of rotatable bonds is 3. The van der Waals surface area contributed by atoms with E-state index in [1.165, 1.54) is 16.5 Å². The molecule has 1 fully saturated rings. The fourth-order valence-electron chi connectivity index (χ4n) is 3.13. The predicted molar refractivity (Wildman–Crippen MR) is 91.6 cm³/mol. The zero-order valence-corrected chi connectivity index (χ0v) is 13.0. The molecule has 118 valence electrons. The Morgan fingerprint density at radius 2 is 1.96 bits per heavy atom. The summed E-state index contributed by atoms with van der Waals surface area (Å²) in [6.07, 6.45) is 3.91. The second kappa shape index (κ2) is 6.02. The number of benzene rings is 1. The standard InChI is InChI=1S/C18H20N4O/c19-18-5-4-15(12-20-18)22-7-6-16-14(2-1-3-17(16)22)13-21-8-10-23-11-9-21/h1-7,12H,8-11,13H2,(H2,19,20). The summed E-state index contributed by atoms with van der Waals surface area (Å²) in [6, 6.07) is 12.5. The zero-order chi connectivity index (χ0) is 15.6. The van der Waals surface area contributed by atoms with Gasteiger partial charge in [0.1, 0.15) is 5.82 Å². The molecule has 0 aliphatic carbocycles. The molecule has 0 bridgehead atoms. The molecule has 0 radical (unpaired) electrons. The van der Waals surface area contributed by atoms with E-state index in [1.807, 2.05) is 18.3 Å². The minimum absolute atomic E-state index is 0.540. The maximum Gasteiger partial charge on any atom is 0.123 e. The van der Waals surface area contributed by atoms with Crippen LogP contribution in [0.3, 0.4) is 0 Å². The SMILES string of the molecule is Nc1ccc(-n2ccc3c(CN4CCOCC4)cccc32)cn1. The molecule has 5 nitrogen and oxygen atoms in total. The highest BCUT2D eigenvalue weighted by atomic mass is 16.5. The van der Waals surface area contributed by atoms with E-state index in [2.05, 4.69) is 44.9 Å². The lowest BCUT2D eigenvalue weighted by atomic mass is 10.1. The predicted octanol–water partition coefficient (Wildman–Crippen LogP) is 2.44. The van der Waals surface area contributed by atoms with Crippen molar-refractivity contribution in [3.05, 3.63) is 54.4 Å². The second-order valence-corrected chi connectivity index (χ2v) is 5.87. The van der Waals surface area contributed by atoms with Gasteiger partial charge in [-0.3, -0.25) is 4.90 Å². The molecule has 1 aromatic carbocycles. The number of ether oxygens (including phenoxy) is 1. The van der Waals surface area contributed by atoms with Crippen molar-refractivity contribution in [1.82, 2.24) is 14.5 Å². The summed E-state index contributed by atoms with van der Waals surface area (Å²) in [6.45, 7) is 4.62. The van der Waals surface area contributed by atoms with Crippen LogP contribution in [0, 0.1) is 0 Å². The number of nitrogens with two attached hydrogens (primary N) is 1. The Kier molecular flexibility index (Phi) is 3.73. The number of aromatic nitrogens is 2. The van der Waals surface area contributed by atoms with Gasteiger partial charge in [-0.05, 0) is 29.8 Å². The molecule has 2 aromatic heterocycles. The van der Waals surface area contributed by atoms with Crippen molar-refractivity contribution >= 4 is 16.7 Å². The van der Waals surface area contributed by atoms with Crippen LogP contribution in [0.15, 0.2) is 48.8 Å². The molecule has 23 heavy (non-hydrogen) atoms. The van der Waals surface area contributed by atoms with Gasteiger partial charge < -0.3 is 15.0 Å². The topological polar surface area (TPSA) is 56.3 Å². The molecule has 0 unspecified atom stereocenters. The van der Waals surface area contributed by atoms with Crippen molar-refractivity contribution in [2.24, 2.45) is 0 Å². The van der Waals surface area contributed by atoms with Gasteiger partial charge in [-0.1, -0.05) is 12.1 Å². The zero-order valence-electron chi connectivity index (χ0n) is 13.0. The van der Waals surface area contributed by atoms with Gasteiger partial charge in [-0.2, -0.15) is 0 Å². The molecule has 1 aliphatic heterocycles. The van der Waals surface area contributed by atoms with Gasteiger partial charge in [0, 0.05) is 31.2 Å². The van der Waals surface area contributed by atoms with Crippen LogP contribution in [0.2, 0.25) is 0 Å². The number of hydrogen-bond acceptors (Lipinski definition) is 4. The number of anilines is 1. The fourth-order valence-corrected chi connectivity index (χ4v) is 3.13. The van der Waals surface area contributed by atoms with E-state index in [0.717, 1.165) is 38.5 Å². The monoisotopic (exact) mass is 308 g/mol. The molecule has 2 N–H and O–H groups in total. The summed E-state index contributed by atoms with van der Waals surface area (Å²) >= 11 is 0. The van der Waals surface area contributed by atoms with Crippen molar-refractivity contribution < 1.29 is 4.74 Å². The van der Waals surface area contributed by atoms with Crippen LogP contribution >= 0.6 is 0 Å². The lowest BCUT2D eigenvalue weighted by Crippen LogP contribution is -2.35. The number of nitrogen functional groups attached to an aromatic ring is 1. The molecular formula is C18H20N4O. The van der Waals surface area contributed by atoms with E-state index >= 15 is 0 Å². The van der Waals surface area contributed by atoms with Crippen LogP contribution in [0.4, 0.5) is 5.82 Å². The summed E-state index contributed by atoms with van der Waals surface area (Å²) in [5.41, 5.74) is 9.26. The third kappa shape index (κ3) is 2.81. The second-order valence-electron chi connectivity index (χ2n) is 5.87. The number of nitrogens with zero attached hydrogens (tertiary/aromatic N) is 3. The fraction of sp³-hybridized carbons (Fsp3) is 0.278. The lowest BCUT2D eigenvalue weighted by Gasteiger charge is -2.26. The first kappa shape index (κ1) is 14.2. The first-order chi connectivity index (χ1) is 11.3. The summed E-state index contributed by atoms with van der Waals surface area (Å²) in [7, 11) is 0. The maximum atomic E-state index is 5.68. The van der Waals surface area contributed by atoms with Gasteiger partial charge in [-0.15, -0.1) is 0 Å². The molecule has 1 aliphatic rings. The van der Waals surface area contributed by atoms with Gasteiger partial charge in [0.2, 0.25) is 0 Å². The van der Waals surface area contributed by atoms with E-state index < -0.39 is 0 Å². The van der Waals surface area contributed by atoms with E-state index in [1.54, 1.807) is 0 Å². The van der Waals surface area contributed by atoms with E-state index in [9.17, 15) is 0 Å². The molecule has 3 aromatic rings. The molecule has 1 saturated heterocycles. The van der Waals surface area contributed by atoms with Gasteiger partial charge in [0.25, 0.3) is 0 Å². The highest BCUT2D eigenvalue weighted by Crippen LogP contribution is 2.25. The first-order valence-electron chi connectivity index (χ1n) is 7.92. The van der Waals surface area contributed by atoms with Crippen LogP contribution in [0.25, 0.3) is 16.6 Å². The van der Waals surface area contributed by atoms with Gasteiger partial charge >= 0.3 is 0 Å². The van der Waals surface area contributed by atoms with E-state index in [4.69, 9.17) is 10.5 Å².